The largest absolute Gasteiger partial charge is 0.325 e. The van der Waals surface area contributed by atoms with E-state index in [-0.39, 0.29) is 17.3 Å². The molecule has 1 aliphatic rings. The van der Waals surface area contributed by atoms with Gasteiger partial charge >= 0.3 is 0 Å². The summed E-state index contributed by atoms with van der Waals surface area (Å²) in [5, 5.41) is 2.60. The Hall–Kier alpha value is -1.44. The average Bonchev–Trinajstić information content (AvgIpc) is 2.78. The fraction of sp³-hybridized carbons (Fsp3) is 0.533. The number of sulfonamides is 1. The van der Waals surface area contributed by atoms with Crippen molar-refractivity contribution < 1.29 is 13.2 Å². The van der Waals surface area contributed by atoms with Gasteiger partial charge in [-0.1, -0.05) is 18.9 Å². The lowest BCUT2D eigenvalue weighted by atomic mass is 10.2. The number of hydrogen-bond acceptors (Lipinski definition) is 4. The van der Waals surface area contributed by atoms with Crippen molar-refractivity contribution in [2.45, 2.75) is 37.5 Å². The SMILES string of the molecule is Cc1ccc(NC(=O)CN)cc1S(=O)(=O)N1CCCCCC1. The summed E-state index contributed by atoms with van der Waals surface area (Å²) < 4.78 is 27.3. The molecule has 1 aromatic rings. The Morgan fingerprint density at radius 2 is 1.86 bits per heavy atom. The van der Waals surface area contributed by atoms with Gasteiger partial charge in [0.15, 0.2) is 0 Å². The number of aryl methyl sites for hydroxylation is 1. The van der Waals surface area contributed by atoms with Gasteiger partial charge in [-0.3, -0.25) is 4.79 Å². The topological polar surface area (TPSA) is 92.5 Å². The van der Waals surface area contributed by atoms with Crippen LogP contribution < -0.4 is 11.1 Å². The van der Waals surface area contributed by atoms with Crippen molar-refractivity contribution in [3.8, 4) is 0 Å². The molecule has 0 radical (unpaired) electrons. The van der Waals surface area contributed by atoms with Crippen LogP contribution >= 0.6 is 0 Å². The van der Waals surface area contributed by atoms with Crippen molar-refractivity contribution in [2.24, 2.45) is 5.73 Å². The monoisotopic (exact) mass is 325 g/mol. The number of nitrogens with two attached hydrogens (primary N) is 1. The Morgan fingerprint density at radius 1 is 1.23 bits per heavy atom. The number of amides is 1. The number of carbonyl (C=O) groups is 1. The number of anilines is 1. The van der Waals surface area contributed by atoms with Gasteiger partial charge < -0.3 is 11.1 Å². The number of rotatable bonds is 4. The highest BCUT2D eigenvalue weighted by molar-refractivity contribution is 7.89. The first-order valence-corrected chi connectivity index (χ1v) is 9.00. The van der Waals surface area contributed by atoms with E-state index >= 15 is 0 Å². The lowest BCUT2D eigenvalue weighted by Gasteiger charge is -2.21. The maximum absolute atomic E-state index is 12.9. The Kier molecular flexibility index (Phi) is 5.55. The molecule has 0 aromatic heterocycles. The second-order valence-electron chi connectivity index (χ2n) is 5.55. The first-order chi connectivity index (χ1) is 10.4. The molecule has 7 heteroatoms. The van der Waals surface area contributed by atoms with Crippen LogP contribution in [-0.4, -0.2) is 38.3 Å². The third-order valence-corrected chi connectivity index (χ3v) is 5.88. The lowest BCUT2D eigenvalue weighted by Crippen LogP contribution is -2.32. The van der Waals surface area contributed by atoms with Gasteiger partial charge in [0.2, 0.25) is 15.9 Å². The van der Waals surface area contributed by atoms with Crippen molar-refractivity contribution in [1.82, 2.24) is 4.31 Å². The van der Waals surface area contributed by atoms with Gasteiger partial charge in [0, 0.05) is 18.8 Å². The Labute approximate surface area is 131 Å². The van der Waals surface area contributed by atoms with Crippen LogP contribution in [0.3, 0.4) is 0 Å². The molecule has 2 rings (SSSR count). The maximum Gasteiger partial charge on any atom is 0.243 e. The molecule has 1 saturated heterocycles. The minimum atomic E-state index is -3.53. The molecule has 22 heavy (non-hydrogen) atoms. The number of hydrogen-bond donors (Lipinski definition) is 2. The van der Waals surface area contributed by atoms with Crippen LogP contribution in [0.15, 0.2) is 23.1 Å². The molecule has 6 nitrogen and oxygen atoms in total. The quantitative estimate of drug-likeness (QED) is 0.876. The highest BCUT2D eigenvalue weighted by atomic mass is 32.2. The third-order valence-electron chi connectivity index (χ3n) is 3.84. The van der Waals surface area contributed by atoms with Crippen LogP contribution in [0.25, 0.3) is 0 Å². The summed E-state index contributed by atoms with van der Waals surface area (Å²) in [6.07, 6.45) is 3.92. The van der Waals surface area contributed by atoms with E-state index < -0.39 is 10.0 Å². The summed E-state index contributed by atoms with van der Waals surface area (Å²) in [4.78, 5) is 11.6. The molecule has 1 aromatic carbocycles. The van der Waals surface area contributed by atoms with Crippen LogP contribution in [0, 0.1) is 6.92 Å². The predicted molar refractivity (Wildman–Crippen MR) is 86.1 cm³/mol. The summed E-state index contributed by atoms with van der Waals surface area (Å²) >= 11 is 0. The van der Waals surface area contributed by atoms with Gasteiger partial charge in [-0.25, -0.2) is 8.42 Å². The smallest absolute Gasteiger partial charge is 0.243 e. The van der Waals surface area contributed by atoms with E-state index in [4.69, 9.17) is 5.73 Å². The molecule has 1 fully saturated rings. The minimum absolute atomic E-state index is 0.137. The molecule has 122 valence electrons. The Bertz CT molecular complexity index is 635. The van der Waals surface area contributed by atoms with Crippen molar-refractivity contribution in [3.05, 3.63) is 23.8 Å². The maximum atomic E-state index is 12.9. The summed E-state index contributed by atoms with van der Waals surface area (Å²) in [7, 11) is -3.53. The highest BCUT2D eigenvalue weighted by Crippen LogP contribution is 2.25. The number of benzene rings is 1. The molecule has 0 bridgehead atoms. The van der Waals surface area contributed by atoms with Crippen LogP contribution in [0.4, 0.5) is 5.69 Å². The standard InChI is InChI=1S/C15H23N3O3S/c1-12-6-7-13(17-15(19)11-16)10-14(12)22(20,21)18-8-4-2-3-5-9-18/h6-7,10H,2-5,8-9,11,16H2,1H3,(H,17,19). The summed E-state index contributed by atoms with van der Waals surface area (Å²) in [5.41, 5.74) is 6.40. The zero-order valence-electron chi connectivity index (χ0n) is 12.8. The average molecular weight is 325 g/mol. The van der Waals surface area contributed by atoms with Gasteiger partial charge in [0.05, 0.1) is 11.4 Å². The Balaban J connectivity index is 2.32. The van der Waals surface area contributed by atoms with Gasteiger partial charge in [0.1, 0.15) is 0 Å². The van der Waals surface area contributed by atoms with Gasteiger partial charge in [-0.2, -0.15) is 4.31 Å². The molecule has 0 spiro atoms. The molecule has 0 atom stereocenters. The van der Waals surface area contributed by atoms with E-state index in [0.717, 1.165) is 25.7 Å². The van der Waals surface area contributed by atoms with Crippen LogP contribution in [0.5, 0.6) is 0 Å². The molecular formula is C15H23N3O3S. The van der Waals surface area contributed by atoms with Crippen LogP contribution in [0.1, 0.15) is 31.2 Å². The molecule has 1 aliphatic heterocycles. The number of nitrogens with zero attached hydrogens (tertiary/aromatic N) is 1. The second kappa shape index (κ2) is 7.21. The Morgan fingerprint density at radius 3 is 2.45 bits per heavy atom. The molecule has 1 heterocycles. The predicted octanol–water partition coefficient (Wildman–Crippen LogP) is 1.46. The van der Waals surface area contributed by atoms with Crippen molar-refractivity contribution in [3.63, 3.8) is 0 Å². The van der Waals surface area contributed by atoms with E-state index in [1.807, 2.05) is 0 Å². The molecule has 0 saturated carbocycles. The van der Waals surface area contributed by atoms with E-state index in [9.17, 15) is 13.2 Å². The fourth-order valence-corrected chi connectivity index (χ4v) is 4.36. The first-order valence-electron chi connectivity index (χ1n) is 7.56. The second-order valence-corrected chi connectivity index (χ2v) is 7.46. The highest BCUT2D eigenvalue weighted by Gasteiger charge is 2.26. The summed E-state index contributed by atoms with van der Waals surface area (Å²) in [5.74, 6) is -0.345. The van der Waals surface area contributed by atoms with Gasteiger partial charge in [-0.15, -0.1) is 0 Å². The number of carbonyl (C=O) groups excluding carboxylic acids is 1. The molecule has 0 unspecified atom stereocenters. The van der Waals surface area contributed by atoms with Gasteiger partial charge in [0.25, 0.3) is 0 Å². The van der Waals surface area contributed by atoms with Crippen molar-refractivity contribution in [1.29, 1.82) is 0 Å². The van der Waals surface area contributed by atoms with E-state index in [1.54, 1.807) is 23.4 Å². The van der Waals surface area contributed by atoms with E-state index in [1.165, 1.54) is 6.07 Å². The first kappa shape index (κ1) is 16.9. The van der Waals surface area contributed by atoms with Crippen LogP contribution in [0.2, 0.25) is 0 Å². The van der Waals surface area contributed by atoms with E-state index in [2.05, 4.69) is 5.32 Å². The van der Waals surface area contributed by atoms with Gasteiger partial charge in [-0.05, 0) is 37.5 Å². The fourth-order valence-electron chi connectivity index (χ4n) is 2.59. The molecule has 0 aliphatic carbocycles. The molecule has 1 amide bonds. The number of nitrogens with one attached hydrogen (secondary N) is 1. The minimum Gasteiger partial charge on any atom is -0.325 e. The zero-order chi connectivity index (χ0) is 16.2. The third kappa shape index (κ3) is 3.85. The molecular weight excluding hydrogens is 302 g/mol. The van der Waals surface area contributed by atoms with Crippen LogP contribution in [-0.2, 0) is 14.8 Å². The lowest BCUT2D eigenvalue weighted by molar-refractivity contribution is -0.114. The summed E-state index contributed by atoms with van der Waals surface area (Å²) in [6.45, 7) is 2.74. The van der Waals surface area contributed by atoms with E-state index in [0.29, 0.717) is 24.3 Å². The van der Waals surface area contributed by atoms with Crippen molar-refractivity contribution >= 4 is 21.6 Å². The zero-order valence-corrected chi connectivity index (χ0v) is 13.7. The molecule has 3 N–H and O–H groups in total. The normalized spacial score (nSPS) is 17.0. The summed E-state index contributed by atoms with van der Waals surface area (Å²) in [6, 6.07) is 4.91. The van der Waals surface area contributed by atoms with Crippen molar-refractivity contribution in [2.75, 3.05) is 25.0 Å².